The van der Waals surface area contributed by atoms with E-state index in [4.69, 9.17) is 9.97 Å². The number of rotatable bonds is 6. The number of hydrogen-bond acceptors (Lipinski definition) is 5. The Labute approximate surface area is 311 Å². The SMILES string of the molecule is CC1(C)c2ccccc2-c2ccc(N(c3ccc(-c4nc5ccc(-c6ccccc6)cc5s4)cc3)c3ccc4nc(-c5ccccc5)sc4c3)cc21. The van der Waals surface area contributed by atoms with Crippen molar-refractivity contribution in [1.29, 1.82) is 0 Å². The maximum atomic E-state index is 5.04. The summed E-state index contributed by atoms with van der Waals surface area (Å²) in [5.41, 5.74) is 15.3. The molecule has 52 heavy (non-hydrogen) atoms. The summed E-state index contributed by atoms with van der Waals surface area (Å²) in [4.78, 5) is 12.4. The van der Waals surface area contributed by atoms with Crippen LogP contribution in [0.25, 0.3) is 63.8 Å². The average molecular weight is 704 g/mol. The van der Waals surface area contributed by atoms with E-state index >= 15 is 0 Å². The molecule has 0 fully saturated rings. The van der Waals surface area contributed by atoms with Gasteiger partial charge in [0.2, 0.25) is 0 Å². The van der Waals surface area contributed by atoms with Gasteiger partial charge in [-0.2, -0.15) is 0 Å². The van der Waals surface area contributed by atoms with Crippen molar-refractivity contribution in [2.75, 3.05) is 4.90 Å². The van der Waals surface area contributed by atoms with Crippen LogP contribution in [-0.2, 0) is 5.41 Å². The first-order chi connectivity index (χ1) is 25.5. The van der Waals surface area contributed by atoms with E-state index in [1.165, 1.54) is 38.1 Å². The molecule has 0 N–H and O–H groups in total. The highest BCUT2D eigenvalue weighted by molar-refractivity contribution is 7.22. The molecule has 0 amide bonds. The molecule has 9 aromatic rings. The van der Waals surface area contributed by atoms with E-state index in [1.54, 1.807) is 22.7 Å². The fourth-order valence-corrected chi connectivity index (χ4v) is 9.66. The number of nitrogens with zero attached hydrogens (tertiary/aromatic N) is 3. The lowest BCUT2D eigenvalue weighted by Crippen LogP contribution is -2.16. The number of fused-ring (bicyclic) bond motifs is 5. The lowest BCUT2D eigenvalue weighted by molar-refractivity contribution is 0.660. The lowest BCUT2D eigenvalue weighted by atomic mass is 9.82. The molecule has 0 atom stereocenters. The molecule has 7 aromatic carbocycles. The second kappa shape index (κ2) is 12.1. The van der Waals surface area contributed by atoms with Crippen molar-refractivity contribution in [3.8, 4) is 43.4 Å². The monoisotopic (exact) mass is 703 g/mol. The van der Waals surface area contributed by atoms with Gasteiger partial charge in [0.25, 0.3) is 0 Å². The van der Waals surface area contributed by atoms with Gasteiger partial charge in [-0.1, -0.05) is 111 Å². The molecule has 0 spiro atoms. The number of thiazole rings is 2. The van der Waals surface area contributed by atoms with Crippen molar-refractivity contribution in [1.82, 2.24) is 9.97 Å². The predicted octanol–water partition coefficient (Wildman–Crippen LogP) is 13.7. The smallest absolute Gasteiger partial charge is 0.124 e. The molecule has 0 aliphatic heterocycles. The largest absolute Gasteiger partial charge is 0.310 e. The summed E-state index contributed by atoms with van der Waals surface area (Å²) < 4.78 is 2.35. The van der Waals surface area contributed by atoms with E-state index in [2.05, 4.69) is 176 Å². The summed E-state index contributed by atoms with van der Waals surface area (Å²) in [5.74, 6) is 0. The summed E-state index contributed by atoms with van der Waals surface area (Å²) in [6.45, 7) is 4.69. The van der Waals surface area contributed by atoms with Crippen LogP contribution in [0.1, 0.15) is 25.0 Å². The molecule has 5 heteroatoms. The highest BCUT2D eigenvalue weighted by Crippen LogP contribution is 2.51. The molecule has 2 aromatic heterocycles. The summed E-state index contributed by atoms with van der Waals surface area (Å²) in [5, 5.41) is 2.06. The second-order valence-corrected chi connectivity index (χ2v) is 15.9. The molecule has 0 radical (unpaired) electrons. The van der Waals surface area contributed by atoms with Crippen molar-refractivity contribution >= 4 is 60.2 Å². The van der Waals surface area contributed by atoms with E-state index < -0.39 is 0 Å². The molecule has 0 saturated heterocycles. The molecular formula is C47H33N3S2. The summed E-state index contributed by atoms with van der Waals surface area (Å²) in [6.07, 6.45) is 0. The number of aromatic nitrogens is 2. The Morgan fingerprint density at radius 3 is 1.67 bits per heavy atom. The summed E-state index contributed by atoms with van der Waals surface area (Å²) in [7, 11) is 0. The maximum absolute atomic E-state index is 5.04. The minimum absolute atomic E-state index is 0.100. The van der Waals surface area contributed by atoms with Gasteiger partial charge < -0.3 is 4.90 Å². The summed E-state index contributed by atoms with van der Waals surface area (Å²) in [6, 6.07) is 58.9. The number of hydrogen-bond donors (Lipinski definition) is 0. The fraction of sp³-hybridized carbons (Fsp3) is 0.0638. The highest BCUT2D eigenvalue weighted by atomic mass is 32.1. The molecule has 0 saturated carbocycles. The van der Waals surface area contributed by atoms with E-state index in [-0.39, 0.29) is 5.41 Å². The van der Waals surface area contributed by atoms with Crippen molar-refractivity contribution in [2.45, 2.75) is 19.3 Å². The van der Waals surface area contributed by atoms with Crippen LogP contribution < -0.4 is 4.90 Å². The Morgan fingerprint density at radius 2 is 0.942 bits per heavy atom. The third kappa shape index (κ3) is 5.16. The van der Waals surface area contributed by atoms with Crippen molar-refractivity contribution in [2.24, 2.45) is 0 Å². The van der Waals surface area contributed by atoms with Gasteiger partial charge in [-0.05, 0) is 100 Å². The van der Waals surface area contributed by atoms with Gasteiger partial charge in [0, 0.05) is 33.6 Å². The molecule has 1 aliphatic rings. The van der Waals surface area contributed by atoms with E-state index in [9.17, 15) is 0 Å². The van der Waals surface area contributed by atoms with Crippen LogP contribution in [-0.4, -0.2) is 9.97 Å². The zero-order chi connectivity index (χ0) is 34.8. The zero-order valence-corrected chi connectivity index (χ0v) is 30.4. The molecule has 0 bridgehead atoms. The lowest BCUT2D eigenvalue weighted by Gasteiger charge is -2.28. The van der Waals surface area contributed by atoms with Gasteiger partial charge in [-0.3, -0.25) is 0 Å². The molecule has 1 aliphatic carbocycles. The average Bonchev–Trinajstić information content (AvgIpc) is 3.88. The van der Waals surface area contributed by atoms with Crippen LogP contribution >= 0.6 is 22.7 Å². The van der Waals surface area contributed by atoms with Crippen molar-refractivity contribution < 1.29 is 0 Å². The second-order valence-electron chi connectivity index (χ2n) is 13.9. The van der Waals surface area contributed by atoms with Crippen LogP contribution in [0.4, 0.5) is 17.1 Å². The Balaban J connectivity index is 1.06. The molecule has 10 rings (SSSR count). The van der Waals surface area contributed by atoms with Gasteiger partial charge in [0.15, 0.2) is 0 Å². The topological polar surface area (TPSA) is 29.0 Å². The maximum Gasteiger partial charge on any atom is 0.124 e. The van der Waals surface area contributed by atoms with Gasteiger partial charge in [0.1, 0.15) is 10.0 Å². The minimum Gasteiger partial charge on any atom is -0.310 e. The van der Waals surface area contributed by atoms with Gasteiger partial charge in [-0.15, -0.1) is 22.7 Å². The first kappa shape index (κ1) is 30.9. The quantitative estimate of drug-likeness (QED) is 0.173. The van der Waals surface area contributed by atoms with Gasteiger partial charge in [0.05, 0.1) is 20.4 Å². The van der Waals surface area contributed by atoms with Crippen molar-refractivity contribution in [3.05, 3.63) is 175 Å². The molecule has 248 valence electrons. The fourth-order valence-electron chi connectivity index (χ4n) is 7.65. The Kier molecular flexibility index (Phi) is 7.20. The van der Waals surface area contributed by atoms with Gasteiger partial charge >= 0.3 is 0 Å². The number of anilines is 3. The van der Waals surface area contributed by atoms with E-state index in [0.717, 1.165) is 53.9 Å². The molecule has 2 heterocycles. The van der Waals surface area contributed by atoms with Crippen LogP contribution in [0.5, 0.6) is 0 Å². The summed E-state index contributed by atoms with van der Waals surface area (Å²) >= 11 is 3.49. The van der Waals surface area contributed by atoms with Crippen molar-refractivity contribution in [3.63, 3.8) is 0 Å². The predicted molar refractivity (Wildman–Crippen MR) is 221 cm³/mol. The third-order valence-corrected chi connectivity index (χ3v) is 12.5. The standard InChI is InChI=1S/C47H33N3S2/c1-47(2)39-16-10-9-15-37(39)38-24-22-35(28-40(38)47)50(36-23-26-42-44(29-36)52-45(49-42)31-13-7-4-8-14-31)34-20-17-32(18-21-34)46-48-41-25-19-33(27-43(41)51-46)30-11-5-3-6-12-30/h3-29H,1-2H3. The van der Waals surface area contributed by atoms with Crippen LogP contribution in [0, 0.1) is 0 Å². The van der Waals surface area contributed by atoms with E-state index in [0.29, 0.717) is 0 Å². The Morgan fingerprint density at radius 1 is 0.423 bits per heavy atom. The highest BCUT2D eigenvalue weighted by Gasteiger charge is 2.35. The Bertz CT molecular complexity index is 2760. The normalized spacial score (nSPS) is 13.0. The van der Waals surface area contributed by atoms with E-state index in [1.807, 2.05) is 6.07 Å². The first-order valence-electron chi connectivity index (χ1n) is 17.6. The molecule has 0 unspecified atom stereocenters. The number of benzene rings is 7. The van der Waals surface area contributed by atoms with Crippen LogP contribution in [0.3, 0.4) is 0 Å². The van der Waals surface area contributed by atoms with Crippen LogP contribution in [0.2, 0.25) is 0 Å². The molecular weight excluding hydrogens is 671 g/mol. The molecule has 3 nitrogen and oxygen atoms in total. The minimum atomic E-state index is -0.100. The zero-order valence-electron chi connectivity index (χ0n) is 28.7. The van der Waals surface area contributed by atoms with Crippen LogP contribution in [0.15, 0.2) is 164 Å². The van der Waals surface area contributed by atoms with Gasteiger partial charge in [-0.25, -0.2) is 9.97 Å². The third-order valence-electron chi connectivity index (χ3n) is 10.3. The Hall–Kier alpha value is -5.88. The first-order valence-corrected chi connectivity index (χ1v) is 19.2.